The van der Waals surface area contributed by atoms with Crippen molar-refractivity contribution in [3.8, 4) is 22.6 Å². The van der Waals surface area contributed by atoms with E-state index in [1.165, 1.54) is 12.0 Å². The summed E-state index contributed by atoms with van der Waals surface area (Å²) in [6.45, 7) is 6.59. The molecule has 0 unspecified atom stereocenters. The highest BCUT2D eigenvalue weighted by Crippen LogP contribution is 2.34. The molecule has 1 aromatic heterocycles. The largest absolute Gasteiger partial charge is 0.423 e. The van der Waals surface area contributed by atoms with Gasteiger partial charge in [-0.2, -0.15) is 0 Å². The van der Waals surface area contributed by atoms with Crippen LogP contribution in [0.3, 0.4) is 0 Å². The number of hydrogen-bond acceptors (Lipinski definition) is 3. The molecule has 3 rings (SSSR count). The second-order valence-electron chi connectivity index (χ2n) is 6.12. The van der Waals surface area contributed by atoms with Crippen LogP contribution in [-0.4, -0.2) is 10.2 Å². The van der Waals surface area contributed by atoms with Gasteiger partial charge in [-0.3, -0.25) is 0 Å². The molecule has 0 N–H and O–H groups in total. The van der Waals surface area contributed by atoms with Gasteiger partial charge in [0.1, 0.15) is 0 Å². The Balaban J connectivity index is 2.21. The fourth-order valence-corrected chi connectivity index (χ4v) is 2.35. The van der Waals surface area contributed by atoms with Crippen LogP contribution < -0.4 is 0 Å². The Kier molecular flexibility index (Phi) is 3.34. The Morgan fingerprint density at radius 1 is 0.905 bits per heavy atom. The van der Waals surface area contributed by atoms with E-state index in [1.807, 2.05) is 18.2 Å². The van der Waals surface area contributed by atoms with Gasteiger partial charge in [0.2, 0.25) is 12.3 Å². The minimum absolute atomic E-state index is 0.0734. The zero-order valence-electron chi connectivity index (χ0n) is 12.5. The minimum Gasteiger partial charge on any atom is -0.423 e. The average molecular weight is 278 g/mol. The lowest BCUT2D eigenvalue weighted by Gasteiger charge is -2.20. The standard InChI is InChI=1S/C18H18N2O/c1-18(2,3)14-9-10-15(13-7-5-4-6-8-13)16(11-14)17-20-19-12-21-17/h4-12H,1-3H3. The summed E-state index contributed by atoms with van der Waals surface area (Å²) in [4.78, 5) is 0. The van der Waals surface area contributed by atoms with E-state index in [0.717, 1.165) is 16.7 Å². The van der Waals surface area contributed by atoms with Crippen molar-refractivity contribution in [2.75, 3.05) is 0 Å². The quantitative estimate of drug-likeness (QED) is 0.682. The molecular formula is C18H18N2O. The zero-order chi connectivity index (χ0) is 14.9. The SMILES string of the molecule is CC(C)(C)c1ccc(-c2ccccc2)c(-c2nnco2)c1. The first-order valence-corrected chi connectivity index (χ1v) is 7.02. The van der Waals surface area contributed by atoms with Gasteiger partial charge in [0.05, 0.1) is 0 Å². The second-order valence-corrected chi connectivity index (χ2v) is 6.12. The molecule has 0 amide bonds. The Morgan fingerprint density at radius 2 is 1.67 bits per heavy atom. The van der Waals surface area contributed by atoms with Crippen molar-refractivity contribution in [3.05, 3.63) is 60.5 Å². The molecule has 3 heteroatoms. The summed E-state index contributed by atoms with van der Waals surface area (Å²) in [7, 11) is 0. The Bertz CT molecular complexity index is 726. The summed E-state index contributed by atoms with van der Waals surface area (Å²) in [5, 5.41) is 7.89. The Hall–Kier alpha value is -2.42. The summed E-state index contributed by atoms with van der Waals surface area (Å²) in [5.74, 6) is 0.556. The molecule has 3 aromatic rings. The molecule has 3 nitrogen and oxygen atoms in total. The van der Waals surface area contributed by atoms with Crippen LogP contribution in [-0.2, 0) is 5.41 Å². The van der Waals surface area contributed by atoms with Crippen molar-refractivity contribution in [2.24, 2.45) is 0 Å². The summed E-state index contributed by atoms with van der Waals surface area (Å²) < 4.78 is 5.43. The monoisotopic (exact) mass is 278 g/mol. The van der Waals surface area contributed by atoms with E-state index >= 15 is 0 Å². The van der Waals surface area contributed by atoms with Gasteiger partial charge >= 0.3 is 0 Å². The Morgan fingerprint density at radius 3 is 2.29 bits per heavy atom. The molecule has 0 aliphatic carbocycles. The lowest BCUT2D eigenvalue weighted by molar-refractivity contribution is 0.567. The van der Waals surface area contributed by atoms with Crippen LogP contribution >= 0.6 is 0 Å². The first kappa shape index (κ1) is 13.6. The maximum absolute atomic E-state index is 5.43. The van der Waals surface area contributed by atoms with Gasteiger partial charge < -0.3 is 4.42 Å². The third-order valence-electron chi connectivity index (χ3n) is 3.56. The van der Waals surface area contributed by atoms with E-state index in [0.29, 0.717) is 5.89 Å². The molecule has 0 fully saturated rings. The summed E-state index contributed by atoms with van der Waals surface area (Å²) in [5.41, 5.74) is 4.55. The second kappa shape index (κ2) is 5.17. The molecule has 0 bridgehead atoms. The molecule has 1 heterocycles. The van der Waals surface area contributed by atoms with E-state index in [9.17, 15) is 0 Å². The molecule has 0 atom stereocenters. The van der Waals surface area contributed by atoms with E-state index < -0.39 is 0 Å². The van der Waals surface area contributed by atoms with E-state index in [1.54, 1.807) is 0 Å². The van der Waals surface area contributed by atoms with Crippen LogP contribution in [0.1, 0.15) is 26.3 Å². The number of nitrogens with zero attached hydrogens (tertiary/aromatic N) is 2. The minimum atomic E-state index is 0.0734. The van der Waals surface area contributed by atoms with Crippen LogP contribution in [0.25, 0.3) is 22.6 Å². The van der Waals surface area contributed by atoms with Gasteiger partial charge in [0.15, 0.2) is 0 Å². The third kappa shape index (κ3) is 2.72. The van der Waals surface area contributed by atoms with Crippen LogP contribution in [0.2, 0.25) is 0 Å². The fraction of sp³-hybridized carbons (Fsp3) is 0.222. The fourth-order valence-electron chi connectivity index (χ4n) is 2.35. The normalized spacial score (nSPS) is 11.6. The average Bonchev–Trinajstić information content (AvgIpc) is 3.01. The van der Waals surface area contributed by atoms with Gasteiger partial charge in [-0.25, -0.2) is 0 Å². The molecule has 0 radical (unpaired) electrons. The number of benzene rings is 2. The lowest BCUT2D eigenvalue weighted by atomic mass is 9.84. The molecule has 0 spiro atoms. The smallest absolute Gasteiger partial charge is 0.248 e. The van der Waals surface area contributed by atoms with Crippen molar-refractivity contribution in [2.45, 2.75) is 26.2 Å². The maximum atomic E-state index is 5.43. The molecule has 0 aliphatic heterocycles. The lowest BCUT2D eigenvalue weighted by Crippen LogP contribution is -2.11. The summed E-state index contributed by atoms with van der Waals surface area (Å²) >= 11 is 0. The van der Waals surface area contributed by atoms with Crippen molar-refractivity contribution in [1.29, 1.82) is 0 Å². The number of aromatic nitrogens is 2. The van der Waals surface area contributed by atoms with Gasteiger partial charge in [0.25, 0.3) is 0 Å². The van der Waals surface area contributed by atoms with Crippen LogP contribution in [0.5, 0.6) is 0 Å². The molecule has 0 saturated carbocycles. The van der Waals surface area contributed by atoms with Gasteiger partial charge in [0, 0.05) is 5.56 Å². The molecule has 2 aromatic carbocycles. The maximum Gasteiger partial charge on any atom is 0.248 e. The molecule has 21 heavy (non-hydrogen) atoms. The molecule has 0 aliphatic rings. The van der Waals surface area contributed by atoms with Gasteiger partial charge in [-0.05, 0) is 28.2 Å². The van der Waals surface area contributed by atoms with E-state index in [2.05, 4.69) is 61.3 Å². The summed E-state index contributed by atoms with van der Waals surface area (Å²) in [6, 6.07) is 16.7. The number of hydrogen-bond donors (Lipinski definition) is 0. The van der Waals surface area contributed by atoms with Crippen LogP contribution in [0, 0.1) is 0 Å². The van der Waals surface area contributed by atoms with Crippen molar-refractivity contribution in [1.82, 2.24) is 10.2 Å². The van der Waals surface area contributed by atoms with Crippen LogP contribution in [0.15, 0.2) is 59.3 Å². The summed E-state index contributed by atoms with van der Waals surface area (Å²) in [6.07, 6.45) is 1.37. The van der Waals surface area contributed by atoms with Crippen molar-refractivity contribution in [3.63, 3.8) is 0 Å². The predicted molar refractivity (Wildman–Crippen MR) is 83.9 cm³/mol. The topological polar surface area (TPSA) is 38.9 Å². The van der Waals surface area contributed by atoms with Crippen molar-refractivity contribution >= 4 is 0 Å². The predicted octanol–water partition coefficient (Wildman–Crippen LogP) is 4.70. The van der Waals surface area contributed by atoms with Crippen molar-refractivity contribution < 1.29 is 4.42 Å². The van der Waals surface area contributed by atoms with E-state index in [-0.39, 0.29) is 5.41 Å². The molecular weight excluding hydrogens is 260 g/mol. The molecule has 106 valence electrons. The first-order valence-electron chi connectivity index (χ1n) is 7.02. The van der Waals surface area contributed by atoms with Crippen LogP contribution in [0.4, 0.5) is 0 Å². The third-order valence-corrected chi connectivity index (χ3v) is 3.56. The number of rotatable bonds is 2. The van der Waals surface area contributed by atoms with Gasteiger partial charge in [-0.15, -0.1) is 10.2 Å². The highest BCUT2D eigenvalue weighted by Gasteiger charge is 2.18. The highest BCUT2D eigenvalue weighted by atomic mass is 16.4. The zero-order valence-corrected chi connectivity index (χ0v) is 12.5. The highest BCUT2D eigenvalue weighted by molar-refractivity contribution is 5.80. The first-order chi connectivity index (χ1) is 10.1. The van der Waals surface area contributed by atoms with E-state index in [4.69, 9.17) is 4.42 Å². The van der Waals surface area contributed by atoms with Gasteiger partial charge in [-0.1, -0.05) is 63.2 Å². The Labute approximate surface area is 124 Å². The molecule has 0 saturated heterocycles.